The SMILES string of the molecule is COc1ccc(Br)cc1/C=N\NC(=O)Cc1cccc2ccccc12. The molecule has 0 aromatic heterocycles. The monoisotopic (exact) mass is 396 g/mol. The maximum absolute atomic E-state index is 12.2. The van der Waals surface area contributed by atoms with Crippen molar-refractivity contribution in [2.24, 2.45) is 5.10 Å². The molecule has 0 aliphatic heterocycles. The summed E-state index contributed by atoms with van der Waals surface area (Å²) in [5.74, 6) is 0.525. The fourth-order valence-corrected chi connectivity index (χ4v) is 3.02. The summed E-state index contributed by atoms with van der Waals surface area (Å²) < 4.78 is 6.19. The minimum absolute atomic E-state index is 0.165. The number of hydrogen-bond acceptors (Lipinski definition) is 3. The number of halogens is 1. The number of hydrazone groups is 1. The molecular formula is C20H17BrN2O2. The van der Waals surface area contributed by atoms with Crippen LogP contribution in [0.3, 0.4) is 0 Å². The van der Waals surface area contributed by atoms with Gasteiger partial charge in [0.05, 0.1) is 19.7 Å². The van der Waals surface area contributed by atoms with Crippen molar-refractivity contribution in [3.8, 4) is 5.75 Å². The maximum Gasteiger partial charge on any atom is 0.244 e. The van der Waals surface area contributed by atoms with E-state index in [1.165, 1.54) is 0 Å². The van der Waals surface area contributed by atoms with Crippen molar-refractivity contribution in [3.63, 3.8) is 0 Å². The number of ether oxygens (including phenoxy) is 1. The van der Waals surface area contributed by atoms with E-state index in [0.717, 1.165) is 26.4 Å². The van der Waals surface area contributed by atoms with E-state index in [1.54, 1.807) is 13.3 Å². The molecule has 0 saturated carbocycles. The molecule has 0 aliphatic carbocycles. The van der Waals surface area contributed by atoms with Gasteiger partial charge in [0, 0.05) is 10.0 Å². The maximum atomic E-state index is 12.2. The molecule has 0 fully saturated rings. The summed E-state index contributed by atoms with van der Waals surface area (Å²) in [6.07, 6.45) is 1.85. The second kappa shape index (κ2) is 7.94. The van der Waals surface area contributed by atoms with Crippen LogP contribution >= 0.6 is 15.9 Å². The molecule has 0 heterocycles. The van der Waals surface area contributed by atoms with Gasteiger partial charge in [0.1, 0.15) is 5.75 Å². The predicted octanol–water partition coefficient (Wildman–Crippen LogP) is 4.30. The van der Waals surface area contributed by atoms with Gasteiger partial charge in [0.15, 0.2) is 0 Å². The molecule has 3 aromatic carbocycles. The average Bonchev–Trinajstić information content (AvgIpc) is 2.62. The highest BCUT2D eigenvalue weighted by Gasteiger charge is 2.06. The first-order chi connectivity index (χ1) is 12.2. The molecule has 5 heteroatoms. The van der Waals surface area contributed by atoms with Crippen molar-refractivity contribution >= 4 is 38.8 Å². The Morgan fingerprint density at radius 3 is 2.80 bits per heavy atom. The second-order valence-corrected chi connectivity index (χ2v) is 6.41. The summed E-state index contributed by atoms with van der Waals surface area (Å²) in [5.41, 5.74) is 4.33. The van der Waals surface area contributed by atoms with E-state index in [9.17, 15) is 4.79 Å². The molecule has 25 heavy (non-hydrogen) atoms. The van der Waals surface area contributed by atoms with Gasteiger partial charge in [-0.2, -0.15) is 5.10 Å². The largest absolute Gasteiger partial charge is 0.496 e. The van der Waals surface area contributed by atoms with E-state index >= 15 is 0 Å². The third-order valence-corrected chi connectivity index (χ3v) is 4.31. The zero-order valence-electron chi connectivity index (χ0n) is 13.7. The Morgan fingerprint density at radius 2 is 1.96 bits per heavy atom. The van der Waals surface area contributed by atoms with Gasteiger partial charge >= 0.3 is 0 Å². The summed E-state index contributed by atoms with van der Waals surface area (Å²) in [4.78, 5) is 12.2. The first-order valence-corrected chi connectivity index (χ1v) is 8.59. The van der Waals surface area contributed by atoms with Gasteiger partial charge in [-0.3, -0.25) is 4.79 Å². The molecule has 1 amide bonds. The van der Waals surface area contributed by atoms with Crippen molar-refractivity contribution in [1.82, 2.24) is 5.43 Å². The number of amides is 1. The van der Waals surface area contributed by atoms with E-state index in [1.807, 2.05) is 60.7 Å². The highest BCUT2D eigenvalue weighted by Crippen LogP contribution is 2.21. The molecule has 126 valence electrons. The van der Waals surface area contributed by atoms with Crippen molar-refractivity contribution < 1.29 is 9.53 Å². The van der Waals surface area contributed by atoms with Gasteiger partial charge in [-0.25, -0.2) is 5.43 Å². The molecule has 0 saturated heterocycles. The van der Waals surface area contributed by atoms with Gasteiger partial charge in [-0.05, 0) is 34.5 Å². The first-order valence-electron chi connectivity index (χ1n) is 7.79. The van der Waals surface area contributed by atoms with Crippen molar-refractivity contribution in [2.45, 2.75) is 6.42 Å². The Balaban J connectivity index is 1.70. The molecule has 3 rings (SSSR count). The summed E-state index contributed by atoms with van der Waals surface area (Å²) >= 11 is 3.41. The highest BCUT2D eigenvalue weighted by atomic mass is 79.9. The van der Waals surface area contributed by atoms with Crippen molar-refractivity contribution in [2.75, 3.05) is 7.11 Å². The van der Waals surface area contributed by atoms with Crippen LogP contribution in [0.4, 0.5) is 0 Å². The zero-order chi connectivity index (χ0) is 17.6. The van der Waals surface area contributed by atoms with Crippen molar-refractivity contribution in [3.05, 3.63) is 76.3 Å². The molecule has 0 radical (unpaired) electrons. The predicted molar refractivity (Wildman–Crippen MR) is 104 cm³/mol. The third kappa shape index (κ3) is 4.25. The minimum atomic E-state index is -0.165. The van der Waals surface area contributed by atoms with Gasteiger partial charge in [0.2, 0.25) is 5.91 Å². The van der Waals surface area contributed by atoms with Crippen LogP contribution in [-0.2, 0) is 11.2 Å². The Labute approximate surface area is 154 Å². The van der Waals surface area contributed by atoms with Gasteiger partial charge in [-0.15, -0.1) is 0 Å². The number of nitrogens with zero attached hydrogens (tertiary/aromatic N) is 1. The summed E-state index contributed by atoms with van der Waals surface area (Å²) in [7, 11) is 1.60. The number of carbonyl (C=O) groups is 1. The smallest absolute Gasteiger partial charge is 0.244 e. The first kappa shape index (κ1) is 17.2. The second-order valence-electron chi connectivity index (χ2n) is 5.49. The number of methoxy groups -OCH3 is 1. The van der Waals surface area contributed by atoms with Crippen LogP contribution in [0.2, 0.25) is 0 Å². The van der Waals surface area contributed by atoms with E-state index in [4.69, 9.17) is 4.74 Å². The van der Waals surface area contributed by atoms with Gasteiger partial charge in [0.25, 0.3) is 0 Å². The third-order valence-electron chi connectivity index (χ3n) is 3.82. The number of benzene rings is 3. The Bertz CT molecular complexity index is 933. The number of carbonyl (C=O) groups excluding carboxylic acids is 1. The lowest BCUT2D eigenvalue weighted by Gasteiger charge is -2.06. The Hall–Kier alpha value is -2.66. The lowest BCUT2D eigenvalue weighted by atomic mass is 10.0. The molecule has 0 unspecified atom stereocenters. The number of nitrogens with one attached hydrogen (secondary N) is 1. The molecule has 3 aromatic rings. The summed E-state index contributed by atoms with van der Waals surface area (Å²) in [5, 5.41) is 6.24. The van der Waals surface area contributed by atoms with Crippen LogP contribution in [0.15, 0.2) is 70.2 Å². The van der Waals surface area contributed by atoms with Crippen LogP contribution in [0.1, 0.15) is 11.1 Å². The van der Waals surface area contributed by atoms with Crippen LogP contribution < -0.4 is 10.2 Å². The average molecular weight is 397 g/mol. The fraction of sp³-hybridized carbons (Fsp3) is 0.100. The molecule has 4 nitrogen and oxygen atoms in total. The number of hydrogen-bond donors (Lipinski definition) is 1. The van der Waals surface area contributed by atoms with Crippen LogP contribution in [0, 0.1) is 0 Å². The molecule has 0 spiro atoms. The van der Waals surface area contributed by atoms with E-state index in [2.05, 4.69) is 26.5 Å². The normalized spacial score (nSPS) is 11.0. The Morgan fingerprint density at radius 1 is 1.16 bits per heavy atom. The fourth-order valence-electron chi connectivity index (χ4n) is 2.64. The van der Waals surface area contributed by atoms with Crippen LogP contribution in [0.5, 0.6) is 5.75 Å². The lowest BCUT2D eigenvalue weighted by molar-refractivity contribution is -0.120. The van der Waals surface area contributed by atoms with Gasteiger partial charge in [-0.1, -0.05) is 58.4 Å². The number of fused-ring (bicyclic) bond motifs is 1. The quantitative estimate of drug-likeness (QED) is 0.516. The van der Waals surface area contributed by atoms with Crippen molar-refractivity contribution in [1.29, 1.82) is 0 Å². The standard InChI is InChI=1S/C20H17BrN2O2/c1-25-19-10-9-17(21)11-16(19)13-22-23-20(24)12-15-7-4-6-14-5-2-3-8-18(14)15/h2-11,13H,12H2,1H3,(H,23,24)/b22-13-. The summed E-state index contributed by atoms with van der Waals surface area (Å²) in [6.45, 7) is 0. The minimum Gasteiger partial charge on any atom is -0.496 e. The number of rotatable bonds is 5. The van der Waals surface area contributed by atoms with Crippen LogP contribution in [-0.4, -0.2) is 19.2 Å². The van der Waals surface area contributed by atoms with Gasteiger partial charge < -0.3 is 4.74 Å². The molecule has 0 atom stereocenters. The van der Waals surface area contributed by atoms with E-state index in [-0.39, 0.29) is 12.3 Å². The van der Waals surface area contributed by atoms with E-state index in [0.29, 0.717) is 5.75 Å². The topological polar surface area (TPSA) is 50.7 Å². The highest BCUT2D eigenvalue weighted by molar-refractivity contribution is 9.10. The molecular weight excluding hydrogens is 380 g/mol. The molecule has 0 aliphatic rings. The van der Waals surface area contributed by atoms with Crippen LogP contribution in [0.25, 0.3) is 10.8 Å². The molecule has 0 bridgehead atoms. The zero-order valence-corrected chi connectivity index (χ0v) is 15.3. The summed E-state index contributed by atoms with van der Waals surface area (Å²) in [6, 6.07) is 19.6. The molecule has 1 N–H and O–H groups in total. The lowest BCUT2D eigenvalue weighted by Crippen LogP contribution is -2.20. The van der Waals surface area contributed by atoms with E-state index < -0.39 is 0 Å². The Kier molecular flexibility index (Phi) is 5.46.